The molecule has 1 rings (SSSR count). The lowest BCUT2D eigenvalue weighted by Gasteiger charge is -2.03. The van der Waals surface area contributed by atoms with Crippen molar-refractivity contribution < 1.29 is 10.0 Å². The summed E-state index contributed by atoms with van der Waals surface area (Å²) >= 11 is 0. The first kappa shape index (κ1) is 8.04. The molecule has 1 aromatic heterocycles. The minimum atomic E-state index is -1.47. The monoisotopic (exact) mass is 152 g/mol. The van der Waals surface area contributed by atoms with Crippen LogP contribution in [-0.4, -0.2) is 22.2 Å². The number of nitrogens with two attached hydrogens (primary N) is 1. The van der Waals surface area contributed by atoms with Gasteiger partial charge in [-0.25, -0.2) is 4.98 Å². The molecule has 0 saturated carbocycles. The SMILES string of the molecule is Cc1cc(N)ncc1B(O)O. The Morgan fingerprint density at radius 1 is 1.55 bits per heavy atom. The summed E-state index contributed by atoms with van der Waals surface area (Å²) < 4.78 is 0. The van der Waals surface area contributed by atoms with E-state index in [0.717, 1.165) is 5.56 Å². The van der Waals surface area contributed by atoms with E-state index in [1.165, 1.54) is 6.20 Å². The zero-order valence-electron chi connectivity index (χ0n) is 6.15. The van der Waals surface area contributed by atoms with Crippen molar-refractivity contribution in [2.45, 2.75) is 6.92 Å². The predicted octanol–water partition coefficient (Wildman–Crippen LogP) is -1.35. The van der Waals surface area contributed by atoms with Crippen LogP contribution in [0.25, 0.3) is 0 Å². The molecule has 1 aromatic rings. The first-order valence-corrected chi connectivity index (χ1v) is 3.19. The average molecular weight is 152 g/mol. The molecular weight excluding hydrogens is 143 g/mol. The van der Waals surface area contributed by atoms with Crippen LogP contribution >= 0.6 is 0 Å². The largest absolute Gasteiger partial charge is 0.490 e. The number of hydrogen-bond acceptors (Lipinski definition) is 4. The minimum absolute atomic E-state index is 0.381. The fourth-order valence-corrected chi connectivity index (χ4v) is 0.859. The fraction of sp³-hybridized carbons (Fsp3) is 0.167. The Labute approximate surface area is 64.8 Å². The molecular formula is C6H9BN2O2. The van der Waals surface area contributed by atoms with Gasteiger partial charge >= 0.3 is 7.12 Å². The minimum Gasteiger partial charge on any atom is -0.423 e. The molecule has 58 valence electrons. The van der Waals surface area contributed by atoms with Gasteiger partial charge in [0.1, 0.15) is 5.82 Å². The van der Waals surface area contributed by atoms with Crippen molar-refractivity contribution in [1.29, 1.82) is 0 Å². The predicted molar refractivity (Wildman–Crippen MR) is 43.2 cm³/mol. The van der Waals surface area contributed by atoms with E-state index < -0.39 is 7.12 Å². The normalized spacial score (nSPS) is 9.73. The van der Waals surface area contributed by atoms with Gasteiger partial charge in [-0.2, -0.15) is 0 Å². The van der Waals surface area contributed by atoms with Crippen LogP contribution in [0.3, 0.4) is 0 Å². The van der Waals surface area contributed by atoms with Gasteiger partial charge in [0, 0.05) is 11.7 Å². The highest BCUT2D eigenvalue weighted by molar-refractivity contribution is 6.59. The van der Waals surface area contributed by atoms with E-state index in [0.29, 0.717) is 11.3 Å². The van der Waals surface area contributed by atoms with Gasteiger partial charge in [0.05, 0.1) is 0 Å². The third-order valence-electron chi connectivity index (χ3n) is 1.45. The van der Waals surface area contributed by atoms with Crippen LogP contribution < -0.4 is 11.2 Å². The third kappa shape index (κ3) is 1.69. The Morgan fingerprint density at radius 2 is 2.18 bits per heavy atom. The summed E-state index contributed by atoms with van der Waals surface area (Å²) in [5.41, 5.74) is 6.47. The number of pyridine rings is 1. The molecule has 0 fully saturated rings. The van der Waals surface area contributed by atoms with E-state index >= 15 is 0 Å². The second kappa shape index (κ2) is 2.90. The summed E-state index contributed by atoms with van der Waals surface area (Å²) in [6.07, 6.45) is 1.36. The van der Waals surface area contributed by atoms with E-state index in [1.807, 2.05) is 0 Å². The Bertz CT molecular complexity index is 265. The molecule has 0 saturated heterocycles. The van der Waals surface area contributed by atoms with Crippen LogP contribution in [-0.2, 0) is 0 Å². The summed E-state index contributed by atoms with van der Waals surface area (Å²) in [4.78, 5) is 3.72. The van der Waals surface area contributed by atoms with Crippen molar-refractivity contribution in [2.75, 3.05) is 5.73 Å². The Balaban J connectivity index is 3.09. The van der Waals surface area contributed by atoms with Gasteiger partial charge < -0.3 is 15.8 Å². The third-order valence-corrected chi connectivity index (χ3v) is 1.45. The molecule has 0 bridgehead atoms. The van der Waals surface area contributed by atoms with Gasteiger partial charge in [0.15, 0.2) is 0 Å². The molecule has 0 aliphatic heterocycles. The van der Waals surface area contributed by atoms with Crippen molar-refractivity contribution in [3.05, 3.63) is 17.8 Å². The van der Waals surface area contributed by atoms with Gasteiger partial charge in [0.2, 0.25) is 0 Å². The number of rotatable bonds is 1. The maximum Gasteiger partial charge on any atom is 0.490 e. The molecule has 4 N–H and O–H groups in total. The summed E-state index contributed by atoms with van der Waals surface area (Å²) in [5.74, 6) is 0.381. The summed E-state index contributed by atoms with van der Waals surface area (Å²) in [6, 6.07) is 1.59. The first-order valence-electron chi connectivity index (χ1n) is 3.19. The lowest BCUT2D eigenvalue weighted by Crippen LogP contribution is -2.32. The Hall–Kier alpha value is -1.07. The quantitative estimate of drug-likeness (QED) is 0.434. The molecule has 0 radical (unpaired) electrons. The van der Waals surface area contributed by atoms with Crippen LogP contribution in [0.5, 0.6) is 0 Å². The van der Waals surface area contributed by atoms with E-state index in [4.69, 9.17) is 15.8 Å². The summed E-state index contributed by atoms with van der Waals surface area (Å²) in [6.45, 7) is 1.74. The Kier molecular flexibility index (Phi) is 2.12. The molecule has 0 spiro atoms. The second-order valence-electron chi connectivity index (χ2n) is 2.34. The lowest BCUT2D eigenvalue weighted by molar-refractivity contribution is 0.425. The highest BCUT2D eigenvalue weighted by Crippen LogP contribution is 1.98. The molecule has 5 heteroatoms. The van der Waals surface area contributed by atoms with Gasteiger partial charge in [-0.15, -0.1) is 0 Å². The zero-order chi connectivity index (χ0) is 8.43. The Morgan fingerprint density at radius 3 is 2.64 bits per heavy atom. The average Bonchev–Trinajstić information content (AvgIpc) is 1.85. The van der Waals surface area contributed by atoms with E-state index in [1.54, 1.807) is 13.0 Å². The van der Waals surface area contributed by atoms with Crippen molar-refractivity contribution in [2.24, 2.45) is 0 Å². The summed E-state index contributed by atoms with van der Waals surface area (Å²) in [5, 5.41) is 17.5. The standard InChI is InChI=1S/C6H9BN2O2/c1-4-2-6(8)9-3-5(4)7(10)11/h2-3,10-11H,1H3,(H2,8,9). The second-order valence-corrected chi connectivity index (χ2v) is 2.34. The van der Waals surface area contributed by atoms with Crippen LogP contribution in [0, 0.1) is 6.92 Å². The molecule has 0 aromatic carbocycles. The maximum atomic E-state index is 8.77. The van der Waals surface area contributed by atoms with Crippen molar-refractivity contribution in [3.8, 4) is 0 Å². The molecule has 0 aliphatic rings. The molecule has 11 heavy (non-hydrogen) atoms. The van der Waals surface area contributed by atoms with E-state index in [-0.39, 0.29) is 0 Å². The van der Waals surface area contributed by atoms with Crippen LogP contribution in [0.4, 0.5) is 5.82 Å². The van der Waals surface area contributed by atoms with Gasteiger partial charge in [-0.3, -0.25) is 0 Å². The number of hydrogen-bond donors (Lipinski definition) is 3. The highest BCUT2D eigenvalue weighted by Gasteiger charge is 2.13. The number of aromatic nitrogens is 1. The molecule has 4 nitrogen and oxygen atoms in total. The van der Waals surface area contributed by atoms with Crippen molar-refractivity contribution in [3.63, 3.8) is 0 Å². The van der Waals surface area contributed by atoms with Gasteiger partial charge in [-0.05, 0) is 18.6 Å². The zero-order valence-corrected chi connectivity index (χ0v) is 6.15. The van der Waals surface area contributed by atoms with Crippen molar-refractivity contribution >= 4 is 18.4 Å². The van der Waals surface area contributed by atoms with Crippen LogP contribution in [0.15, 0.2) is 12.3 Å². The first-order chi connectivity index (χ1) is 5.11. The molecule has 1 heterocycles. The molecule has 0 amide bonds. The van der Waals surface area contributed by atoms with Crippen LogP contribution in [0.2, 0.25) is 0 Å². The lowest BCUT2D eigenvalue weighted by atomic mass is 9.79. The fourth-order valence-electron chi connectivity index (χ4n) is 0.859. The molecule has 0 unspecified atom stereocenters. The number of aryl methyl sites for hydroxylation is 1. The molecule has 0 atom stereocenters. The van der Waals surface area contributed by atoms with E-state index in [2.05, 4.69) is 4.98 Å². The number of nitrogen functional groups attached to an aromatic ring is 1. The molecule has 0 aliphatic carbocycles. The highest BCUT2D eigenvalue weighted by atomic mass is 16.4. The topological polar surface area (TPSA) is 79.4 Å². The van der Waals surface area contributed by atoms with Crippen LogP contribution in [0.1, 0.15) is 5.56 Å². The maximum absolute atomic E-state index is 8.77. The van der Waals surface area contributed by atoms with Gasteiger partial charge in [-0.1, -0.05) is 0 Å². The van der Waals surface area contributed by atoms with Crippen molar-refractivity contribution in [1.82, 2.24) is 4.98 Å². The number of nitrogens with zero attached hydrogens (tertiary/aromatic N) is 1. The summed E-state index contributed by atoms with van der Waals surface area (Å²) in [7, 11) is -1.47. The van der Waals surface area contributed by atoms with E-state index in [9.17, 15) is 0 Å². The number of anilines is 1. The van der Waals surface area contributed by atoms with Gasteiger partial charge in [0.25, 0.3) is 0 Å². The smallest absolute Gasteiger partial charge is 0.423 e.